The van der Waals surface area contributed by atoms with Gasteiger partial charge in [-0.3, -0.25) is 9.69 Å². The van der Waals surface area contributed by atoms with Crippen molar-refractivity contribution in [3.8, 4) is 0 Å². The van der Waals surface area contributed by atoms with Crippen LogP contribution in [0, 0.1) is 11.8 Å². The number of benzene rings is 1. The molecule has 3 aliphatic heterocycles. The molecule has 2 saturated heterocycles. The molecule has 0 amide bonds. The lowest BCUT2D eigenvalue weighted by Crippen LogP contribution is -2.67. The number of para-hydroxylation sites is 1. The number of ether oxygens (including phenoxy) is 1. The summed E-state index contributed by atoms with van der Waals surface area (Å²) in [6.07, 6.45) is 3.76. The summed E-state index contributed by atoms with van der Waals surface area (Å²) in [5, 5.41) is 11.7. The zero-order valence-corrected chi connectivity index (χ0v) is 15.2. The number of H-pyrrole nitrogens is 1. The second kappa shape index (κ2) is 5.83. The first-order valence-corrected chi connectivity index (χ1v) is 9.71. The van der Waals surface area contributed by atoms with Gasteiger partial charge in [0.15, 0.2) is 0 Å². The van der Waals surface area contributed by atoms with E-state index in [4.69, 9.17) is 4.74 Å². The fourth-order valence-corrected chi connectivity index (χ4v) is 6.25. The smallest absolute Gasteiger partial charge is 0.317 e. The van der Waals surface area contributed by atoms with Gasteiger partial charge in [0.2, 0.25) is 0 Å². The molecule has 138 valence electrons. The first-order valence-electron chi connectivity index (χ1n) is 9.71. The van der Waals surface area contributed by atoms with Crippen LogP contribution in [-0.2, 0) is 21.4 Å². The maximum atomic E-state index is 12.8. The molecule has 5 nitrogen and oxygen atoms in total. The number of aromatic amines is 1. The molecular formula is C21H26N2O3. The molecule has 2 N–H and O–H groups in total. The highest BCUT2D eigenvalue weighted by Crippen LogP contribution is 2.55. The number of piperidine rings is 2. The summed E-state index contributed by atoms with van der Waals surface area (Å²) < 4.78 is 5.34. The van der Waals surface area contributed by atoms with Crippen molar-refractivity contribution in [2.75, 3.05) is 26.8 Å². The summed E-state index contributed by atoms with van der Waals surface area (Å²) in [5.41, 5.74) is 2.46. The molecule has 2 aromatic rings. The van der Waals surface area contributed by atoms with Crippen molar-refractivity contribution in [2.45, 2.75) is 37.1 Å². The summed E-state index contributed by atoms with van der Waals surface area (Å²) in [4.78, 5) is 18.8. The minimum atomic E-state index is -0.815. The number of carboxylic acid groups (broad SMARTS) is 1. The Morgan fingerprint density at radius 3 is 3.08 bits per heavy atom. The predicted molar refractivity (Wildman–Crippen MR) is 99.4 cm³/mol. The van der Waals surface area contributed by atoms with Gasteiger partial charge in [-0.25, -0.2) is 0 Å². The van der Waals surface area contributed by atoms with Crippen LogP contribution in [0.1, 0.15) is 30.5 Å². The van der Waals surface area contributed by atoms with E-state index >= 15 is 0 Å². The van der Waals surface area contributed by atoms with E-state index < -0.39 is 11.4 Å². The van der Waals surface area contributed by atoms with Gasteiger partial charge >= 0.3 is 5.97 Å². The van der Waals surface area contributed by atoms with Crippen LogP contribution in [-0.4, -0.2) is 53.8 Å². The Kier molecular flexibility index (Phi) is 3.66. The van der Waals surface area contributed by atoms with Crippen molar-refractivity contribution in [3.63, 3.8) is 0 Å². The lowest BCUT2D eigenvalue weighted by Gasteiger charge is -2.57. The van der Waals surface area contributed by atoms with Crippen molar-refractivity contribution < 1.29 is 14.6 Å². The monoisotopic (exact) mass is 354 g/mol. The summed E-state index contributed by atoms with van der Waals surface area (Å²) in [6.45, 7) is 2.71. The van der Waals surface area contributed by atoms with Gasteiger partial charge in [-0.05, 0) is 49.1 Å². The number of hydrogen-bond donors (Lipinski definition) is 2. The van der Waals surface area contributed by atoms with Crippen molar-refractivity contribution in [2.24, 2.45) is 11.8 Å². The van der Waals surface area contributed by atoms with Crippen LogP contribution in [0.5, 0.6) is 0 Å². The largest absolute Gasteiger partial charge is 0.480 e. The molecule has 4 bridgehead atoms. The molecule has 26 heavy (non-hydrogen) atoms. The van der Waals surface area contributed by atoms with E-state index in [0.29, 0.717) is 18.4 Å². The van der Waals surface area contributed by atoms with Gasteiger partial charge in [0.05, 0.1) is 0 Å². The predicted octanol–water partition coefficient (Wildman–Crippen LogP) is 2.79. The Hall–Kier alpha value is -1.85. The standard InChI is InChI=1S/C21H26N2O3/c1-26-9-7-14-10-13-11-21(20(24)25)18-16(6-8-23(12-13)19(14)21)15-4-2-3-5-17(15)22-18/h2-5,13-14,19,22H,6-12H2,1H3,(H,24,25)/t13?,14?,19?,21-/m1/s1. The normalized spacial score (nSPS) is 35.3. The Morgan fingerprint density at radius 2 is 2.27 bits per heavy atom. The number of hydrogen-bond acceptors (Lipinski definition) is 3. The van der Waals surface area contributed by atoms with E-state index in [9.17, 15) is 9.90 Å². The number of carboxylic acids is 1. The third-order valence-corrected chi connectivity index (χ3v) is 7.07. The summed E-state index contributed by atoms with van der Waals surface area (Å²) in [6, 6.07) is 8.34. The molecular weight excluding hydrogens is 328 g/mol. The van der Waals surface area contributed by atoms with Crippen molar-refractivity contribution in [1.82, 2.24) is 9.88 Å². The first-order chi connectivity index (χ1) is 12.6. The highest BCUT2D eigenvalue weighted by molar-refractivity contribution is 5.91. The summed E-state index contributed by atoms with van der Waals surface area (Å²) in [7, 11) is 1.73. The van der Waals surface area contributed by atoms with E-state index in [0.717, 1.165) is 50.0 Å². The van der Waals surface area contributed by atoms with Gasteiger partial charge < -0.3 is 14.8 Å². The van der Waals surface area contributed by atoms with Gasteiger partial charge in [0, 0.05) is 49.4 Å². The van der Waals surface area contributed by atoms with Gasteiger partial charge in [0.25, 0.3) is 0 Å². The molecule has 4 aliphatic rings. The number of rotatable bonds is 4. The van der Waals surface area contributed by atoms with Crippen LogP contribution < -0.4 is 0 Å². The van der Waals surface area contributed by atoms with Crippen molar-refractivity contribution in [3.05, 3.63) is 35.5 Å². The van der Waals surface area contributed by atoms with Crippen LogP contribution in [0.4, 0.5) is 0 Å². The van der Waals surface area contributed by atoms with Gasteiger partial charge in [-0.2, -0.15) is 0 Å². The van der Waals surface area contributed by atoms with Crippen LogP contribution in [0.15, 0.2) is 24.3 Å². The van der Waals surface area contributed by atoms with Gasteiger partial charge in [0.1, 0.15) is 5.41 Å². The molecule has 0 spiro atoms. The number of methoxy groups -OCH3 is 1. The average Bonchev–Trinajstić information content (AvgIpc) is 2.99. The molecule has 1 saturated carbocycles. The number of carbonyl (C=O) groups is 1. The molecule has 1 aliphatic carbocycles. The molecule has 4 heterocycles. The zero-order chi connectivity index (χ0) is 17.9. The maximum Gasteiger partial charge on any atom is 0.317 e. The fourth-order valence-electron chi connectivity index (χ4n) is 6.25. The number of nitrogens with one attached hydrogen (secondary N) is 1. The fraction of sp³-hybridized carbons (Fsp3) is 0.571. The molecule has 4 unspecified atom stereocenters. The number of fused-ring (bicyclic) bond motifs is 4. The highest BCUT2D eigenvalue weighted by atomic mass is 16.5. The third kappa shape index (κ3) is 2.07. The van der Waals surface area contributed by atoms with E-state index in [1.54, 1.807) is 7.11 Å². The lowest BCUT2D eigenvalue weighted by atomic mass is 9.56. The molecule has 1 aromatic carbocycles. The SMILES string of the molecule is COCCC1CC2CN3CCc4c([nH]c5ccccc45)[C@](C(=O)O)(C2)C13. The van der Waals surface area contributed by atoms with E-state index in [1.807, 2.05) is 6.07 Å². The maximum absolute atomic E-state index is 12.8. The Morgan fingerprint density at radius 1 is 1.42 bits per heavy atom. The minimum absolute atomic E-state index is 0.0643. The van der Waals surface area contributed by atoms with E-state index in [2.05, 4.69) is 28.1 Å². The van der Waals surface area contributed by atoms with E-state index in [-0.39, 0.29) is 6.04 Å². The number of aromatic nitrogens is 1. The Balaban J connectivity index is 1.72. The first kappa shape index (κ1) is 16.3. The molecule has 6 rings (SSSR count). The van der Waals surface area contributed by atoms with Crippen LogP contribution >= 0.6 is 0 Å². The second-order valence-corrected chi connectivity index (χ2v) is 8.34. The molecule has 5 atom stereocenters. The summed E-state index contributed by atoms with van der Waals surface area (Å²) in [5.74, 6) is 0.181. The molecule has 1 aromatic heterocycles. The number of nitrogens with zero attached hydrogens (tertiary/aromatic N) is 1. The molecule has 5 heteroatoms. The van der Waals surface area contributed by atoms with Crippen LogP contribution in [0.3, 0.4) is 0 Å². The molecule has 3 fully saturated rings. The van der Waals surface area contributed by atoms with Crippen molar-refractivity contribution in [1.29, 1.82) is 0 Å². The average molecular weight is 354 g/mol. The summed E-state index contributed by atoms with van der Waals surface area (Å²) >= 11 is 0. The zero-order valence-electron chi connectivity index (χ0n) is 15.2. The Labute approximate surface area is 153 Å². The molecule has 0 radical (unpaired) electrons. The van der Waals surface area contributed by atoms with Crippen molar-refractivity contribution >= 4 is 16.9 Å². The quantitative estimate of drug-likeness (QED) is 0.886. The van der Waals surface area contributed by atoms with Crippen LogP contribution in [0.25, 0.3) is 10.9 Å². The van der Waals surface area contributed by atoms with Gasteiger partial charge in [-0.15, -0.1) is 0 Å². The highest BCUT2D eigenvalue weighted by Gasteiger charge is 2.62. The number of aliphatic carboxylic acids is 1. The topological polar surface area (TPSA) is 65.6 Å². The Bertz CT molecular complexity index is 860. The van der Waals surface area contributed by atoms with E-state index in [1.165, 1.54) is 10.9 Å². The second-order valence-electron chi connectivity index (χ2n) is 8.34. The van der Waals surface area contributed by atoms with Gasteiger partial charge in [-0.1, -0.05) is 18.2 Å². The lowest BCUT2D eigenvalue weighted by molar-refractivity contribution is -0.159. The minimum Gasteiger partial charge on any atom is -0.480 e. The van der Waals surface area contributed by atoms with Crippen LogP contribution in [0.2, 0.25) is 0 Å². The third-order valence-electron chi connectivity index (χ3n) is 7.07.